The molecule has 7 nitrogen and oxygen atoms in total. The smallest absolute Gasteiger partial charge is 0.223 e. The Hall–Kier alpha value is -2.85. The van der Waals surface area contributed by atoms with Gasteiger partial charge in [-0.2, -0.15) is 15.2 Å². The second-order valence-corrected chi connectivity index (χ2v) is 5.52. The van der Waals surface area contributed by atoms with Gasteiger partial charge in [0.25, 0.3) is 0 Å². The fourth-order valence-corrected chi connectivity index (χ4v) is 2.44. The normalized spacial score (nSPS) is 14.2. The van der Waals surface area contributed by atoms with E-state index in [1.165, 1.54) is 0 Å². The summed E-state index contributed by atoms with van der Waals surface area (Å²) in [5.74, 6) is 1.80. The molecule has 3 rings (SSSR count). The van der Waals surface area contributed by atoms with E-state index in [2.05, 4.69) is 31.6 Å². The third-order valence-electron chi connectivity index (χ3n) is 3.90. The molecule has 1 aromatic heterocycles. The summed E-state index contributed by atoms with van der Waals surface area (Å²) in [5, 5.41) is 15.3. The van der Waals surface area contributed by atoms with Crippen LogP contribution >= 0.6 is 0 Å². The zero-order valence-corrected chi connectivity index (χ0v) is 13.0. The van der Waals surface area contributed by atoms with Crippen molar-refractivity contribution >= 4 is 17.6 Å². The number of nitrogens with one attached hydrogen (secondary N) is 2. The first-order valence-electron chi connectivity index (χ1n) is 7.47. The van der Waals surface area contributed by atoms with Gasteiger partial charge in [0, 0.05) is 31.7 Å². The zero-order chi connectivity index (χ0) is 16.2. The molecule has 23 heavy (non-hydrogen) atoms. The average Bonchev–Trinajstić information content (AvgIpc) is 2.52. The van der Waals surface area contributed by atoms with Gasteiger partial charge in [0.15, 0.2) is 0 Å². The Kier molecular flexibility index (Phi) is 4.26. The van der Waals surface area contributed by atoms with E-state index < -0.39 is 0 Å². The lowest BCUT2D eigenvalue weighted by molar-refractivity contribution is 0.447. The molecule has 0 bridgehead atoms. The lowest BCUT2D eigenvalue weighted by Crippen LogP contribution is -2.57. The summed E-state index contributed by atoms with van der Waals surface area (Å²) in [7, 11) is 1.96. The molecular formula is C16H19N7. The minimum atomic E-state index is 0.262. The van der Waals surface area contributed by atoms with Crippen molar-refractivity contribution in [3.8, 4) is 6.07 Å². The van der Waals surface area contributed by atoms with Gasteiger partial charge < -0.3 is 21.3 Å². The Morgan fingerprint density at radius 2 is 2.04 bits per heavy atom. The SMILES string of the molecule is CNC1CN(c2cc(NCc3ccc(C#N)cc3)nc(N)n2)C1. The van der Waals surface area contributed by atoms with Crippen molar-refractivity contribution in [1.82, 2.24) is 15.3 Å². The van der Waals surface area contributed by atoms with E-state index in [1.54, 1.807) is 12.1 Å². The van der Waals surface area contributed by atoms with E-state index in [1.807, 2.05) is 25.2 Å². The molecule has 1 saturated heterocycles. The number of nitrogens with two attached hydrogens (primary N) is 1. The molecule has 0 aliphatic carbocycles. The maximum atomic E-state index is 8.81. The second kappa shape index (κ2) is 6.50. The molecule has 0 atom stereocenters. The fraction of sp³-hybridized carbons (Fsp3) is 0.312. The quantitative estimate of drug-likeness (QED) is 0.755. The lowest BCUT2D eigenvalue weighted by atomic mass is 10.1. The first kappa shape index (κ1) is 15.1. The van der Waals surface area contributed by atoms with E-state index in [4.69, 9.17) is 11.0 Å². The summed E-state index contributed by atoms with van der Waals surface area (Å²) in [4.78, 5) is 10.7. The third-order valence-corrected chi connectivity index (χ3v) is 3.90. The standard InChI is InChI=1S/C16H19N7/c1-19-13-9-23(10-13)15-6-14(21-16(18)22-15)20-8-12-4-2-11(7-17)3-5-12/h2-6,13,19H,8-10H2,1H3,(H3,18,20,21,22). The van der Waals surface area contributed by atoms with Crippen LogP contribution < -0.4 is 21.3 Å². The Labute approximate surface area is 135 Å². The van der Waals surface area contributed by atoms with Gasteiger partial charge in [0.05, 0.1) is 11.6 Å². The highest BCUT2D eigenvalue weighted by Crippen LogP contribution is 2.22. The van der Waals surface area contributed by atoms with Crippen molar-refractivity contribution in [2.45, 2.75) is 12.6 Å². The molecule has 1 fully saturated rings. The number of nitrogens with zero attached hydrogens (tertiary/aromatic N) is 4. The molecule has 2 aromatic rings. The highest BCUT2D eigenvalue weighted by molar-refractivity contribution is 5.54. The van der Waals surface area contributed by atoms with Crippen LogP contribution in [0.2, 0.25) is 0 Å². The Balaban J connectivity index is 1.65. The van der Waals surface area contributed by atoms with Gasteiger partial charge in [-0.1, -0.05) is 12.1 Å². The molecule has 0 radical (unpaired) electrons. The van der Waals surface area contributed by atoms with Crippen molar-refractivity contribution in [2.75, 3.05) is 36.1 Å². The van der Waals surface area contributed by atoms with Crippen molar-refractivity contribution in [3.63, 3.8) is 0 Å². The molecule has 0 unspecified atom stereocenters. The molecule has 0 amide bonds. The number of aromatic nitrogens is 2. The first-order valence-corrected chi connectivity index (χ1v) is 7.47. The van der Waals surface area contributed by atoms with Crippen LogP contribution in [0.3, 0.4) is 0 Å². The van der Waals surface area contributed by atoms with Gasteiger partial charge in [0.2, 0.25) is 5.95 Å². The molecule has 1 aromatic carbocycles. The summed E-state index contributed by atoms with van der Waals surface area (Å²) in [6.45, 7) is 2.45. The summed E-state index contributed by atoms with van der Waals surface area (Å²) in [6, 6.07) is 12.0. The number of rotatable bonds is 5. The molecule has 0 saturated carbocycles. The molecule has 7 heteroatoms. The first-order chi connectivity index (χ1) is 11.2. The monoisotopic (exact) mass is 309 g/mol. The van der Waals surface area contributed by atoms with Crippen LogP contribution in [0.4, 0.5) is 17.6 Å². The van der Waals surface area contributed by atoms with E-state index in [9.17, 15) is 0 Å². The molecule has 0 spiro atoms. The predicted molar refractivity (Wildman–Crippen MR) is 90.0 cm³/mol. The summed E-state index contributed by atoms with van der Waals surface area (Å²) < 4.78 is 0. The summed E-state index contributed by atoms with van der Waals surface area (Å²) >= 11 is 0. The number of anilines is 3. The van der Waals surface area contributed by atoms with Gasteiger partial charge in [-0.25, -0.2) is 0 Å². The third kappa shape index (κ3) is 3.49. The van der Waals surface area contributed by atoms with E-state index in [0.29, 0.717) is 24.0 Å². The number of hydrogen-bond donors (Lipinski definition) is 3. The van der Waals surface area contributed by atoms with Gasteiger partial charge >= 0.3 is 0 Å². The van der Waals surface area contributed by atoms with Crippen molar-refractivity contribution in [2.24, 2.45) is 0 Å². The second-order valence-electron chi connectivity index (χ2n) is 5.52. The molecule has 2 heterocycles. The van der Waals surface area contributed by atoms with Crippen LogP contribution in [-0.2, 0) is 6.54 Å². The largest absolute Gasteiger partial charge is 0.368 e. The predicted octanol–water partition coefficient (Wildman–Crippen LogP) is 0.951. The molecule has 118 valence electrons. The van der Waals surface area contributed by atoms with E-state index >= 15 is 0 Å². The minimum absolute atomic E-state index is 0.262. The van der Waals surface area contributed by atoms with Crippen LogP contribution in [-0.4, -0.2) is 36.1 Å². The maximum absolute atomic E-state index is 8.81. The van der Waals surface area contributed by atoms with Gasteiger partial charge in [0.1, 0.15) is 11.6 Å². The van der Waals surface area contributed by atoms with Crippen LogP contribution in [0, 0.1) is 11.3 Å². The topological polar surface area (TPSA) is 103 Å². The van der Waals surface area contributed by atoms with Crippen LogP contribution in [0.1, 0.15) is 11.1 Å². The highest BCUT2D eigenvalue weighted by Gasteiger charge is 2.26. The average molecular weight is 309 g/mol. The minimum Gasteiger partial charge on any atom is -0.368 e. The molecule has 4 N–H and O–H groups in total. The summed E-state index contributed by atoms with van der Waals surface area (Å²) in [6.07, 6.45) is 0. The Morgan fingerprint density at radius 3 is 2.70 bits per heavy atom. The summed E-state index contributed by atoms with van der Waals surface area (Å²) in [5.41, 5.74) is 7.53. The van der Waals surface area contributed by atoms with Gasteiger partial charge in [-0.05, 0) is 24.7 Å². The fourth-order valence-electron chi connectivity index (χ4n) is 2.44. The van der Waals surface area contributed by atoms with E-state index in [-0.39, 0.29) is 5.95 Å². The van der Waals surface area contributed by atoms with Crippen molar-refractivity contribution < 1.29 is 0 Å². The number of hydrogen-bond acceptors (Lipinski definition) is 7. The number of nitriles is 1. The van der Waals surface area contributed by atoms with Gasteiger partial charge in [-0.15, -0.1) is 0 Å². The van der Waals surface area contributed by atoms with Gasteiger partial charge in [-0.3, -0.25) is 0 Å². The Morgan fingerprint density at radius 1 is 1.30 bits per heavy atom. The van der Waals surface area contributed by atoms with E-state index in [0.717, 1.165) is 24.5 Å². The highest BCUT2D eigenvalue weighted by atomic mass is 15.3. The maximum Gasteiger partial charge on any atom is 0.223 e. The number of nitrogen functional groups attached to an aromatic ring is 1. The zero-order valence-electron chi connectivity index (χ0n) is 13.0. The van der Waals surface area contributed by atoms with Crippen LogP contribution in [0.15, 0.2) is 30.3 Å². The van der Waals surface area contributed by atoms with Crippen LogP contribution in [0.25, 0.3) is 0 Å². The van der Waals surface area contributed by atoms with Crippen molar-refractivity contribution in [1.29, 1.82) is 5.26 Å². The van der Waals surface area contributed by atoms with Crippen LogP contribution in [0.5, 0.6) is 0 Å². The Bertz CT molecular complexity index is 714. The molecule has 1 aliphatic rings. The number of likely N-dealkylation sites (N-methyl/N-ethyl adjacent to an activating group) is 1. The molecular weight excluding hydrogens is 290 g/mol. The lowest BCUT2D eigenvalue weighted by Gasteiger charge is -2.40. The molecule has 1 aliphatic heterocycles. The van der Waals surface area contributed by atoms with Crippen molar-refractivity contribution in [3.05, 3.63) is 41.5 Å². The number of benzene rings is 1.